The molecular formula is C20H13F6NO. The first-order chi connectivity index (χ1) is 13.1. The smallest absolute Gasteiger partial charge is 0.416 e. The van der Waals surface area contributed by atoms with Gasteiger partial charge in [-0.15, -0.1) is 0 Å². The Labute approximate surface area is 156 Å². The summed E-state index contributed by atoms with van der Waals surface area (Å²) < 4.78 is 76.9. The molecule has 0 aliphatic rings. The Bertz CT molecular complexity index is 889. The first kappa shape index (κ1) is 19.6. The highest BCUT2D eigenvalue weighted by molar-refractivity contribution is 5.77. The van der Waals surface area contributed by atoms with Crippen molar-refractivity contribution < 1.29 is 31.4 Å². The number of hydrogen-bond donors (Lipinski definition) is 1. The van der Waals surface area contributed by atoms with Gasteiger partial charge in [-0.25, -0.2) is 0 Å². The van der Waals surface area contributed by atoms with Gasteiger partial charge in [0, 0.05) is 23.1 Å². The van der Waals surface area contributed by atoms with Crippen LogP contribution in [0.5, 0.6) is 5.75 Å². The molecule has 0 aromatic heterocycles. The summed E-state index contributed by atoms with van der Waals surface area (Å²) in [4.78, 5) is 1.44. The van der Waals surface area contributed by atoms with Gasteiger partial charge in [0.2, 0.25) is 0 Å². The third-order valence-corrected chi connectivity index (χ3v) is 3.99. The van der Waals surface area contributed by atoms with Crippen LogP contribution in [0, 0.1) is 0 Å². The van der Waals surface area contributed by atoms with Crippen LogP contribution in [0.3, 0.4) is 0 Å². The molecule has 1 N–H and O–H groups in total. The van der Waals surface area contributed by atoms with Crippen LogP contribution < -0.4 is 4.90 Å². The van der Waals surface area contributed by atoms with Gasteiger partial charge in [-0.3, -0.25) is 0 Å². The standard InChI is InChI=1S/C20H13F6NO/c21-19(22,23)13-4-8-15(9-5-13)27(17-2-1-3-18(28)12-17)16-10-6-14(7-11-16)20(24,25)26/h1-12,28H. The molecule has 0 unspecified atom stereocenters. The van der Waals surface area contributed by atoms with Crippen LogP contribution in [0.15, 0.2) is 72.8 Å². The largest absolute Gasteiger partial charge is 0.508 e. The summed E-state index contributed by atoms with van der Waals surface area (Å²) in [7, 11) is 0. The van der Waals surface area contributed by atoms with Crippen LogP contribution >= 0.6 is 0 Å². The minimum Gasteiger partial charge on any atom is -0.508 e. The average Bonchev–Trinajstić information content (AvgIpc) is 2.61. The van der Waals surface area contributed by atoms with E-state index in [1.54, 1.807) is 6.07 Å². The molecule has 146 valence electrons. The predicted molar refractivity (Wildman–Crippen MR) is 92.8 cm³/mol. The molecular weight excluding hydrogens is 384 g/mol. The molecule has 0 atom stereocenters. The normalized spacial score (nSPS) is 12.1. The van der Waals surface area contributed by atoms with Crippen LogP contribution in [0.4, 0.5) is 43.4 Å². The number of aromatic hydroxyl groups is 1. The van der Waals surface area contributed by atoms with E-state index in [1.165, 1.54) is 47.4 Å². The lowest BCUT2D eigenvalue weighted by molar-refractivity contribution is -0.138. The quantitative estimate of drug-likeness (QED) is 0.486. The maximum absolute atomic E-state index is 12.8. The summed E-state index contributed by atoms with van der Waals surface area (Å²) in [6.45, 7) is 0. The van der Waals surface area contributed by atoms with E-state index in [2.05, 4.69) is 0 Å². The molecule has 0 radical (unpaired) electrons. The van der Waals surface area contributed by atoms with Crippen molar-refractivity contribution in [2.75, 3.05) is 4.90 Å². The number of benzene rings is 3. The Kier molecular flexibility index (Phi) is 4.97. The molecule has 0 saturated heterocycles. The highest BCUT2D eigenvalue weighted by Crippen LogP contribution is 2.39. The van der Waals surface area contributed by atoms with E-state index < -0.39 is 23.5 Å². The van der Waals surface area contributed by atoms with Crippen molar-refractivity contribution in [3.63, 3.8) is 0 Å². The number of phenolic OH excluding ortho intramolecular Hbond substituents is 1. The third-order valence-electron chi connectivity index (χ3n) is 3.99. The van der Waals surface area contributed by atoms with Crippen LogP contribution in [-0.2, 0) is 12.4 Å². The fourth-order valence-electron chi connectivity index (χ4n) is 2.68. The van der Waals surface area contributed by atoms with Gasteiger partial charge < -0.3 is 10.0 Å². The Morgan fingerprint density at radius 2 is 1.00 bits per heavy atom. The maximum atomic E-state index is 12.8. The van der Waals surface area contributed by atoms with Gasteiger partial charge in [0.15, 0.2) is 0 Å². The highest BCUT2D eigenvalue weighted by Gasteiger charge is 2.31. The van der Waals surface area contributed by atoms with E-state index in [0.29, 0.717) is 17.1 Å². The number of hydrogen-bond acceptors (Lipinski definition) is 2. The van der Waals surface area contributed by atoms with E-state index >= 15 is 0 Å². The monoisotopic (exact) mass is 397 g/mol. The zero-order valence-corrected chi connectivity index (χ0v) is 14.1. The SMILES string of the molecule is Oc1cccc(N(c2ccc(C(F)(F)F)cc2)c2ccc(C(F)(F)F)cc2)c1. The van der Waals surface area contributed by atoms with E-state index in [0.717, 1.165) is 24.3 Å². The van der Waals surface area contributed by atoms with Gasteiger partial charge in [-0.05, 0) is 60.7 Å². The molecule has 0 heterocycles. The number of anilines is 3. The number of alkyl halides is 6. The lowest BCUT2D eigenvalue weighted by Gasteiger charge is -2.26. The van der Waals surface area contributed by atoms with Crippen molar-refractivity contribution in [2.45, 2.75) is 12.4 Å². The van der Waals surface area contributed by atoms with Crippen molar-refractivity contribution >= 4 is 17.1 Å². The van der Waals surface area contributed by atoms with Crippen LogP contribution in [-0.4, -0.2) is 5.11 Å². The molecule has 28 heavy (non-hydrogen) atoms. The molecule has 8 heteroatoms. The average molecular weight is 397 g/mol. The van der Waals surface area contributed by atoms with Gasteiger partial charge in [0.05, 0.1) is 11.1 Å². The number of rotatable bonds is 3. The van der Waals surface area contributed by atoms with Crippen molar-refractivity contribution in [3.05, 3.63) is 83.9 Å². The van der Waals surface area contributed by atoms with Crippen LogP contribution in [0.25, 0.3) is 0 Å². The lowest BCUT2D eigenvalue weighted by atomic mass is 10.1. The number of halogens is 6. The zero-order valence-electron chi connectivity index (χ0n) is 14.1. The van der Waals surface area contributed by atoms with Gasteiger partial charge in [0.1, 0.15) is 5.75 Å². The Balaban J connectivity index is 2.08. The summed E-state index contributed by atoms with van der Waals surface area (Å²) in [5.74, 6) is -0.0960. The van der Waals surface area contributed by atoms with Crippen molar-refractivity contribution in [1.82, 2.24) is 0 Å². The Morgan fingerprint density at radius 3 is 1.36 bits per heavy atom. The fraction of sp³-hybridized carbons (Fsp3) is 0.100. The molecule has 0 aliphatic carbocycles. The van der Waals surface area contributed by atoms with Crippen molar-refractivity contribution in [1.29, 1.82) is 0 Å². The fourth-order valence-corrected chi connectivity index (χ4v) is 2.68. The van der Waals surface area contributed by atoms with Crippen LogP contribution in [0.1, 0.15) is 11.1 Å². The van der Waals surface area contributed by atoms with E-state index in [9.17, 15) is 31.4 Å². The maximum Gasteiger partial charge on any atom is 0.416 e. The first-order valence-corrected chi connectivity index (χ1v) is 7.99. The molecule has 2 nitrogen and oxygen atoms in total. The second-order valence-corrected chi connectivity index (χ2v) is 5.94. The van der Waals surface area contributed by atoms with Crippen LogP contribution in [0.2, 0.25) is 0 Å². The molecule has 0 aliphatic heterocycles. The molecule has 0 fully saturated rings. The Hall–Kier alpha value is -3.16. The second-order valence-electron chi connectivity index (χ2n) is 5.94. The van der Waals surface area contributed by atoms with E-state index in [-0.39, 0.29) is 5.75 Å². The molecule has 0 spiro atoms. The van der Waals surface area contributed by atoms with Crippen molar-refractivity contribution in [2.24, 2.45) is 0 Å². The summed E-state index contributed by atoms with van der Waals surface area (Å²) in [5, 5.41) is 9.73. The minimum atomic E-state index is -4.51. The molecule has 0 bridgehead atoms. The molecule has 0 amide bonds. The first-order valence-electron chi connectivity index (χ1n) is 7.99. The second kappa shape index (κ2) is 7.10. The summed E-state index contributed by atoms with van der Waals surface area (Å²) in [6, 6.07) is 14.2. The number of phenols is 1. The molecule has 3 aromatic carbocycles. The van der Waals surface area contributed by atoms with E-state index in [1.807, 2.05) is 0 Å². The summed E-state index contributed by atoms with van der Waals surface area (Å²) >= 11 is 0. The van der Waals surface area contributed by atoms with Gasteiger partial charge in [0.25, 0.3) is 0 Å². The lowest BCUT2D eigenvalue weighted by Crippen LogP contribution is -2.12. The third kappa shape index (κ3) is 4.21. The summed E-state index contributed by atoms with van der Waals surface area (Å²) in [6.07, 6.45) is -9.02. The van der Waals surface area contributed by atoms with E-state index in [4.69, 9.17) is 0 Å². The predicted octanol–water partition coefficient (Wildman–Crippen LogP) is 6.90. The number of nitrogens with zero attached hydrogens (tertiary/aromatic N) is 1. The van der Waals surface area contributed by atoms with Gasteiger partial charge in [-0.2, -0.15) is 26.3 Å². The topological polar surface area (TPSA) is 23.5 Å². The minimum absolute atomic E-state index is 0.0960. The van der Waals surface area contributed by atoms with Gasteiger partial charge >= 0.3 is 12.4 Å². The molecule has 3 aromatic rings. The zero-order chi connectivity index (χ0) is 20.5. The van der Waals surface area contributed by atoms with Gasteiger partial charge in [-0.1, -0.05) is 6.07 Å². The molecule has 0 saturated carbocycles. The van der Waals surface area contributed by atoms with Crippen molar-refractivity contribution in [3.8, 4) is 5.75 Å². The molecule has 3 rings (SSSR count). The Morgan fingerprint density at radius 1 is 0.571 bits per heavy atom. The summed E-state index contributed by atoms with van der Waals surface area (Å²) in [5.41, 5.74) is -0.740. The highest BCUT2D eigenvalue weighted by atomic mass is 19.4.